The van der Waals surface area contributed by atoms with E-state index >= 15 is 0 Å². The average molecular weight is 396 g/mol. The highest BCUT2D eigenvalue weighted by Crippen LogP contribution is 2.19. The summed E-state index contributed by atoms with van der Waals surface area (Å²) in [5, 5.41) is 11.9. The highest BCUT2D eigenvalue weighted by molar-refractivity contribution is 5.94. The van der Waals surface area contributed by atoms with Crippen LogP contribution in [-0.4, -0.2) is 34.8 Å². The van der Waals surface area contributed by atoms with Crippen molar-refractivity contribution in [3.8, 4) is 0 Å². The SMILES string of the molecule is CC(C)C(=O)N(C)Cc1ccc(C(=O)NC(CCC(=O)O)c2ccccc2)cc1. The van der Waals surface area contributed by atoms with Gasteiger partial charge in [-0.2, -0.15) is 0 Å². The van der Waals surface area contributed by atoms with Crippen LogP contribution in [-0.2, 0) is 16.1 Å². The van der Waals surface area contributed by atoms with Crippen LogP contribution >= 0.6 is 0 Å². The van der Waals surface area contributed by atoms with E-state index in [2.05, 4.69) is 5.32 Å². The Morgan fingerprint density at radius 2 is 1.62 bits per heavy atom. The molecule has 2 aromatic rings. The van der Waals surface area contributed by atoms with Crippen LogP contribution in [0.4, 0.5) is 0 Å². The third-order valence-electron chi connectivity index (χ3n) is 4.66. The summed E-state index contributed by atoms with van der Waals surface area (Å²) in [6.07, 6.45) is 0.278. The van der Waals surface area contributed by atoms with Gasteiger partial charge in [0.2, 0.25) is 5.91 Å². The van der Waals surface area contributed by atoms with Crippen LogP contribution in [0.3, 0.4) is 0 Å². The maximum absolute atomic E-state index is 12.7. The number of carboxylic acids is 1. The second kappa shape index (κ2) is 10.4. The van der Waals surface area contributed by atoms with E-state index in [9.17, 15) is 14.4 Å². The summed E-state index contributed by atoms with van der Waals surface area (Å²) < 4.78 is 0. The van der Waals surface area contributed by atoms with Gasteiger partial charge >= 0.3 is 5.97 Å². The number of aliphatic carboxylic acids is 1. The Morgan fingerprint density at radius 3 is 2.17 bits per heavy atom. The van der Waals surface area contributed by atoms with E-state index in [-0.39, 0.29) is 30.2 Å². The average Bonchev–Trinajstić information content (AvgIpc) is 2.71. The fourth-order valence-electron chi connectivity index (χ4n) is 3.07. The standard InChI is InChI=1S/C23H28N2O4/c1-16(2)23(29)25(3)15-17-9-11-19(12-10-17)22(28)24-20(13-14-21(26)27)18-7-5-4-6-8-18/h4-12,16,20H,13-15H2,1-3H3,(H,24,28)(H,26,27). The molecule has 6 heteroatoms. The molecule has 1 atom stereocenters. The summed E-state index contributed by atoms with van der Waals surface area (Å²) in [7, 11) is 1.76. The van der Waals surface area contributed by atoms with Crippen molar-refractivity contribution in [2.24, 2.45) is 5.92 Å². The summed E-state index contributed by atoms with van der Waals surface area (Å²) in [6.45, 7) is 4.20. The molecule has 0 fully saturated rings. The van der Waals surface area contributed by atoms with Crippen LogP contribution in [0.1, 0.15) is 54.2 Å². The first-order valence-corrected chi connectivity index (χ1v) is 9.69. The van der Waals surface area contributed by atoms with Gasteiger partial charge in [-0.1, -0.05) is 56.3 Å². The lowest BCUT2D eigenvalue weighted by molar-refractivity contribution is -0.137. The van der Waals surface area contributed by atoms with E-state index in [1.54, 1.807) is 24.1 Å². The number of nitrogens with one attached hydrogen (secondary N) is 1. The first-order valence-electron chi connectivity index (χ1n) is 9.69. The molecule has 2 amide bonds. The molecule has 6 nitrogen and oxygen atoms in total. The number of nitrogens with zero attached hydrogens (tertiary/aromatic N) is 1. The normalized spacial score (nSPS) is 11.7. The molecule has 0 aromatic heterocycles. The molecule has 2 N–H and O–H groups in total. The van der Waals surface area contributed by atoms with E-state index in [0.29, 0.717) is 18.5 Å². The van der Waals surface area contributed by atoms with E-state index in [1.165, 1.54) is 0 Å². The van der Waals surface area contributed by atoms with Crippen LogP contribution in [0.25, 0.3) is 0 Å². The first kappa shape index (κ1) is 22.1. The Kier molecular flexibility index (Phi) is 7.95. The second-order valence-corrected chi connectivity index (χ2v) is 7.42. The molecule has 0 radical (unpaired) electrons. The maximum Gasteiger partial charge on any atom is 0.303 e. The van der Waals surface area contributed by atoms with Crippen molar-refractivity contribution in [1.29, 1.82) is 0 Å². The monoisotopic (exact) mass is 396 g/mol. The van der Waals surface area contributed by atoms with Crippen LogP contribution < -0.4 is 5.32 Å². The molecular formula is C23H28N2O4. The number of amides is 2. The number of carbonyl (C=O) groups is 3. The Labute approximate surface area is 171 Å². The lowest BCUT2D eigenvalue weighted by Crippen LogP contribution is -2.30. The van der Waals surface area contributed by atoms with Crippen LogP contribution in [0.2, 0.25) is 0 Å². The molecule has 2 rings (SSSR count). The zero-order chi connectivity index (χ0) is 21.4. The lowest BCUT2D eigenvalue weighted by atomic mass is 10.0. The van der Waals surface area contributed by atoms with E-state index in [0.717, 1.165) is 11.1 Å². The number of hydrogen-bond donors (Lipinski definition) is 2. The van der Waals surface area contributed by atoms with Crippen LogP contribution in [0.15, 0.2) is 54.6 Å². The Morgan fingerprint density at radius 1 is 1.00 bits per heavy atom. The van der Waals surface area contributed by atoms with Crippen molar-refractivity contribution in [2.45, 2.75) is 39.3 Å². The molecule has 0 aliphatic carbocycles. The van der Waals surface area contributed by atoms with E-state index < -0.39 is 5.97 Å². The minimum Gasteiger partial charge on any atom is -0.481 e. The first-order chi connectivity index (χ1) is 13.8. The predicted molar refractivity (Wildman–Crippen MR) is 111 cm³/mol. The Bertz CT molecular complexity index is 832. The minimum absolute atomic E-state index is 0.0327. The molecule has 1 unspecified atom stereocenters. The van der Waals surface area contributed by atoms with Gasteiger partial charge in [-0.15, -0.1) is 0 Å². The van der Waals surface area contributed by atoms with Gasteiger partial charge in [-0.05, 0) is 29.7 Å². The molecule has 0 heterocycles. The van der Waals surface area contributed by atoms with Gasteiger partial charge in [0.05, 0.1) is 6.04 Å². The van der Waals surface area contributed by atoms with Gasteiger partial charge in [-0.25, -0.2) is 0 Å². The molecular weight excluding hydrogens is 368 g/mol. The number of rotatable bonds is 9. The molecule has 154 valence electrons. The number of benzene rings is 2. The maximum atomic E-state index is 12.7. The summed E-state index contributed by atoms with van der Waals surface area (Å²) >= 11 is 0. The molecule has 0 spiro atoms. The molecule has 0 saturated carbocycles. The topological polar surface area (TPSA) is 86.7 Å². The van der Waals surface area contributed by atoms with Crippen LogP contribution in [0.5, 0.6) is 0 Å². The Hall–Kier alpha value is -3.15. The van der Waals surface area contributed by atoms with Gasteiger partial charge < -0.3 is 15.3 Å². The van der Waals surface area contributed by atoms with Gasteiger partial charge in [0.15, 0.2) is 0 Å². The summed E-state index contributed by atoms with van der Waals surface area (Å²) in [6, 6.07) is 16.1. The molecule has 0 bridgehead atoms. The fourth-order valence-corrected chi connectivity index (χ4v) is 3.07. The molecule has 0 saturated heterocycles. The Balaban J connectivity index is 2.06. The quantitative estimate of drug-likeness (QED) is 0.678. The largest absolute Gasteiger partial charge is 0.481 e. The highest BCUT2D eigenvalue weighted by atomic mass is 16.4. The van der Waals surface area contributed by atoms with Crippen molar-refractivity contribution in [2.75, 3.05) is 7.05 Å². The van der Waals surface area contributed by atoms with Crippen molar-refractivity contribution in [3.05, 3.63) is 71.3 Å². The van der Waals surface area contributed by atoms with E-state index in [4.69, 9.17) is 5.11 Å². The van der Waals surface area contributed by atoms with Gasteiger partial charge in [0.25, 0.3) is 5.91 Å². The van der Waals surface area contributed by atoms with Gasteiger partial charge in [0.1, 0.15) is 0 Å². The van der Waals surface area contributed by atoms with Crippen molar-refractivity contribution >= 4 is 17.8 Å². The minimum atomic E-state index is -0.899. The molecule has 2 aromatic carbocycles. The molecule has 0 aliphatic rings. The van der Waals surface area contributed by atoms with Crippen molar-refractivity contribution in [3.63, 3.8) is 0 Å². The molecule has 29 heavy (non-hydrogen) atoms. The zero-order valence-electron chi connectivity index (χ0n) is 17.1. The molecule has 0 aliphatic heterocycles. The third kappa shape index (κ3) is 6.75. The second-order valence-electron chi connectivity index (χ2n) is 7.42. The third-order valence-corrected chi connectivity index (χ3v) is 4.66. The smallest absolute Gasteiger partial charge is 0.303 e. The highest BCUT2D eigenvalue weighted by Gasteiger charge is 2.17. The fraction of sp³-hybridized carbons (Fsp3) is 0.348. The number of carbonyl (C=O) groups excluding carboxylic acids is 2. The van der Waals surface area contributed by atoms with Gasteiger partial charge in [0, 0.05) is 31.5 Å². The van der Waals surface area contributed by atoms with Crippen molar-refractivity contribution in [1.82, 2.24) is 10.2 Å². The summed E-state index contributed by atoms with van der Waals surface area (Å²) in [4.78, 5) is 37.3. The van der Waals surface area contributed by atoms with Crippen LogP contribution in [0, 0.1) is 5.92 Å². The number of carboxylic acid groups (broad SMARTS) is 1. The summed E-state index contributed by atoms with van der Waals surface area (Å²) in [5.41, 5.74) is 2.29. The number of hydrogen-bond acceptors (Lipinski definition) is 3. The van der Waals surface area contributed by atoms with Crippen molar-refractivity contribution < 1.29 is 19.5 Å². The summed E-state index contributed by atoms with van der Waals surface area (Å²) in [5.74, 6) is -1.16. The van der Waals surface area contributed by atoms with E-state index in [1.807, 2.05) is 56.3 Å². The zero-order valence-corrected chi connectivity index (χ0v) is 17.1. The van der Waals surface area contributed by atoms with Gasteiger partial charge in [-0.3, -0.25) is 14.4 Å². The predicted octanol–water partition coefficient (Wildman–Crippen LogP) is 3.64. The lowest BCUT2D eigenvalue weighted by Gasteiger charge is -2.20.